The van der Waals surface area contributed by atoms with Crippen molar-refractivity contribution < 1.29 is 17.0 Å². The van der Waals surface area contributed by atoms with Crippen molar-refractivity contribution in [1.29, 1.82) is 0 Å². The number of aryl methyl sites for hydroxylation is 2. The van der Waals surface area contributed by atoms with E-state index in [4.69, 9.17) is 0 Å². The Morgan fingerprint density at radius 2 is 1.62 bits per heavy atom. The number of hydrogen-bond donors (Lipinski definition) is 0. The third-order valence-corrected chi connectivity index (χ3v) is 2.84. The molecule has 0 saturated carbocycles. The molecule has 2 nitrogen and oxygen atoms in total. The van der Waals surface area contributed by atoms with Gasteiger partial charge in [0.25, 0.3) is 0 Å². The largest absolute Gasteiger partial charge is 1.00 e. The van der Waals surface area contributed by atoms with Gasteiger partial charge in [0, 0.05) is 0 Å². The first-order valence-electron chi connectivity index (χ1n) is 6.34. The highest BCUT2D eigenvalue weighted by Crippen LogP contribution is 2.07. The van der Waals surface area contributed by atoms with Crippen molar-refractivity contribution >= 4 is 0 Å². The highest BCUT2D eigenvalue weighted by atomic mass is 35.5. The topological polar surface area (TPSA) is 8.81 Å². The molecule has 0 atom stereocenters. The molecule has 1 rings (SSSR count). The van der Waals surface area contributed by atoms with E-state index >= 15 is 0 Å². The summed E-state index contributed by atoms with van der Waals surface area (Å²) < 4.78 is 4.37. The van der Waals surface area contributed by atoms with Crippen LogP contribution in [0.5, 0.6) is 0 Å². The second-order valence-corrected chi connectivity index (χ2v) is 4.44. The molecule has 0 radical (unpaired) electrons. The fourth-order valence-electron chi connectivity index (χ4n) is 1.89. The summed E-state index contributed by atoms with van der Waals surface area (Å²) in [4.78, 5) is 0. The predicted molar refractivity (Wildman–Crippen MR) is 63.6 cm³/mol. The number of halogens is 1. The second kappa shape index (κ2) is 9.71. The standard InChI is InChI=1S/C13H25N2.ClH/c1-3-4-5-6-7-8-9-10-15-12-11-14(2)13-15;/h11-13H,3-10H2,1-2H3;1H/q+1;/p-1. The first kappa shape index (κ1) is 15.5. The van der Waals surface area contributed by atoms with Crippen LogP contribution in [0.1, 0.15) is 51.9 Å². The third kappa shape index (κ3) is 6.89. The number of hydrogen-bond acceptors (Lipinski definition) is 0. The molecule has 0 unspecified atom stereocenters. The van der Waals surface area contributed by atoms with Crippen LogP contribution < -0.4 is 17.0 Å². The SMILES string of the molecule is CCCCCCCCCn1cc[n+](C)c1.[Cl-]. The summed E-state index contributed by atoms with van der Waals surface area (Å²) in [6.07, 6.45) is 16.1. The molecule has 3 heteroatoms. The van der Waals surface area contributed by atoms with Crippen LogP contribution in [0.3, 0.4) is 0 Å². The van der Waals surface area contributed by atoms with E-state index in [1.807, 2.05) is 0 Å². The number of imidazole rings is 1. The lowest BCUT2D eigenvalue weighted by Gasteiger charge is -1.99. The van der Waals surface area contributed by atoms with Crippen LogP contribution in [-0.4, -0.2) is 4.57 Å². The lowest BCUT2D eigenvalue weighted by atomic mass is 10.1. The van der Waals surface area contributed by atoms with Gasteiger partial charge in [-0.15, -0.1) is 0 Å². The molecule has 1 heterocycles. The van der Waals surface area contributed by atoms with E-state index in [0.29, 0.717) is 0 Å². The first-order chi connectivity index (χ1) is 7.33. The van der Waals surface area contributed by atoms with Crippen LogP contribution in [0.4, 0.5) is 0 Å². The van der Waals surface area contributed by atoms with Gasteiger partial charge in [-0.2, -0.15) is 0 Å². The van der Waals surface area contributed by atoms with Gasteiger partial charge in [0.15, 0.2) is 0 Å². The predicted octanol–water partition coefficient (Wildman–Crippen LogP) is 0.0672. The molecule has 0 saturated heterocycles. The molecule has 16 heavy (non-hydrogen) atoms. The van der Waals surface area contributed by atoms with Crippen molar-refractivity contribution in [2.24, 2.45) is 7.05 Å². The van der Waals surface area contributed by atoms with E-state index < -0.39 is 0 Å². The Labute approximate surface area is 106 Å². The minimum atomic E-state index is 0. The van der Waals surface area contributed by atoms with Gasteiger partial charge in [-0.25, -0.2) is 9.13 Å². The Kier molecular flexibility index (Phi) is 9.40. The van der Waals surface area contributed by atoms with Gasteiger partial charge in [-0.1, -0.05) is 39.0 Å². The number of nitrogens with zero attached hydrogens (tertiary/aromatic N) is 2. The average Bonchev–Trinajstić information content (AvgIpc) is 2.63. The fraction of sp³-hybridized carbons (Fsp3) is 0.769. The summed E-state index contributed by atoms with van der Waals surface area (Å²) in [6, 6.07) is 0. The van der Waals surface area contributed by atoms with Gasteiger partial charge >= 0.3 is 0 Å². The summed E-state index contributed by atoms with van der Waals surface area (Å²) in [5.41, 5.74) is 0. The van der Waals surface area contributed by atoms with Gasteiger partial charge < -0.3 is 12.4 Å². The third-order valence-electron chi connectivity index (χ3n) is 2.84. The Hall–Kier alpha value is -0.500. The molecule has 0 aliphatic carbocycles. The highest BCUT2D eigenvalue weighted by molar-refractivity contribution is 4.65. The summed E-state index contributed by atoms with van der Waals surface area (Å²) >= 11 is 0. The van der Waals surface area contributed by atoms with Crippen LogP contribution in [0.25, 0.3) is 0 Å². The van der Waals surface area contributed by atoms with E-state index in [-0.39, 0.29) is 12.4 Å². The second-order valence-electron chi connectivity index (χ2n) is 4.44. The molecule has 1 aromatic heterocycles. The zero-order valence-electron chi connectivity index (χ0n) is 10.7. The molecule has 0 bridgehead atoms. The lowest BCUT2D eigenvalue weighted by Crippen LogP contribution is -3.00. The molecule has 0 amide bonds. The van der Waals surface area contributed by atoms with E-state index in [1.54, 1.807) is 0 Å². The Morgan fingerprint density at radius 3 is 2.19 bits per heavy atom. The maximum Gasteiger partial charge on any atom is 0.243 e. The van der Waals surface area contributed by atoms with Crippen LogP contribution in [-0.2, 0) is 13.6 Å². The van der Waals surface area contributed by atoms with Gasteiger partial charge in [0.2, 0.25) is 6.33 Å². The Morgan fingerprint density at radius 1 is 1.00 bits per heavy atom. The van der Waals surface area contributed by atoms with Crippen LogP contribution in [0.15, 0.2) is 18.7 Å². The number of aromatic nitrogens is 2. The molecule has 0 aliphatic rings. The molecular weight excluding hydrogens is 220 g/mol. The van der Waals surface area contributed by atoms with Gasteiger partial charge in [-0.05, 0) is 12.8 Å². The summed E-state index contributed by atoms with van der Waals surface area (Å²) in [6.45, 7) is 3.45. The zero-order chi connectivity index (χ0) is 10.9. The monoisotopic (exact) mass is 244 g/mol. The summed E-state index contributed by atoms with van der Waals surface area (Å²) in [5.74, 6) is 0. The maximum atomic E-state index is 2.27. The normalized spacial score (nSPS) is 10.1. The van der Waals surface area contributed by atoms with Crippen molar-refractivity contribution in [2.45, 2.75) is 58.4 Å². The van der Waals surface area contributed by atoms with Crippen LogP contribution in [0, 0.1) is 0 Å². The minimum Gasteiger partial charge on any atom is -1.00 e. The highest BCUT2D eigenvalue weighted by Gasteiger charge is 1.98. The van der Waals surface area contributed by atoms with Crippen molar-refractivity contribution in [2.75, 3.05) is 0 Å². The molecule has 0 aliphatic heterocycles. The zero-order valence-corrected chi connectivity index (χ0v) is 11.4. The van der Waals surface area contributed by atoms with Crippen LogP contribution >= 0.6 is 0 Å². The van der Waals surface area contributed by atoms with Crippen LogP contribution in [0.2, 0.25) is 0 Å². The number of unbranched alkanes of at least 4 members (excludes halogenated alkanes) is 6. The number of rotatable bonds is 8. The lowest BCUT2D eigenvalue weighted by molar-refractivity contribution is -0.671. The molecule has 94 valence electrons. The first-order valence-corrected chi connectivity index (χ1v) is 6.34. The average molecular weight is 245 g/mol. The summed E-state index contributed by atoms with van der Waals surface area (Å²) in [7, 11) is 2.07. The molecule has 1 aromatic rings. The molecule has 0 spiro atoms. The van der Waals surface area contributed by atoms with E-state index in [9.17, 15) is 0 Å². The molecular formula is C13H25ClN2. The van der Waals surface area contributed by atoms with Gasteiger partial charge in [0.1, 0.15) is 12.4 Å². The van der Waals surface area contributed by atoms with Crippen molar-refractivity contribution in [3.05, 3.63) is 18.7 Å². The van der Waals surface area contributed by atoms with E-state index in [1.165, 1.54) is 51.5 Å². The minimum absolute atomic E-state index is 0. The van der Waals surface area contributed by atoms with Gasteiger partial charge in [0.05, 0.1) is 13.6 Å². The maximum absolute atomic E-state index is 2.27. The molecule has 0 fully saturated rings. The van der Waals surface area contributed by atoms with E-state index in [2.05, 4.69) is 41.8 Å². The fourth-order valence-corrected chi connectivity index (χ4v) is 1.89. The van der Waals surface area contributed by atoms with Gasteiger partial charge in [-0.3, -0.25) is 0 Å². The van der Waals surface area contributed by atoms with E-state index in [0.717, 1.165) is 0 Å². The Bertz CT molecular complexity index is 258. The molecule has 0 aromatic carbocycles. The Balaban J connectivity index is 0.00000225. The quantitative estimate of drug-likeness (QED) is 0.452. The smallest absolute Gasteiger partial charge is 0.243 e. The summed E-state index contributed by atoms with van der Waals surface area (Å²) in [5, 5.41) is 0. The molecule has 0 N–H and O–H groups in total. The van der Waals surface area contributed by atoms with Crippen molar-refractivity contribution in [3.63, 3.8) is 0 Å². The van der Waals surface area contributed by atoms with Crippen molar-refractivity contribution in [3.8, 4) is 0 Å². The van der Waals surface area contributed by atoms with Crippen molar-refractivity contribution in [1.82, 2.24) is 4.57 Å².